The minimum atomic E-state index is 1.11. The monoisotopic (exact) mass is 192 g/mol. The second-order valence-electron chi connectivity index (χ2n) is 3.06. The van der Waals surface area contributed by atoms with Crippen molar-refractivity contribution >= 4 is 11.8 Å². The Kier molecular flexibility index (Phi) is 4.69. The van der Waals surface area contributed by atoms with Crippen molar-refractivity contribution in [2.24, 2.45) is 0 Å². The van der Waals surface area contributed by atoms with Crippen molar-refractivity contribution in [2.75, 3.05) is 5.75 Å². The number of hydrogen-bond donors (Lipinski definition) is 0. The third-order valence-corrected chi connectivity index (χ3v) is 2.97. The summed E-state index contributed by atoms with van der Waals surface area (Å²) in [5, 5.41) is 0. The molecule has 0 unspecified atom stereocenters. The lowest BCUT2D eigenvalue weighted by Gasteiger charge is -2.00. The average Bonchev–Trinajstić information content (AvgIpc) is 2.17. The number of allylic oxidation sites excluding steroid dienone is 1. The Hall–Kier alpha value is -0.690. The highest BCUT2D eigenvalue weighted by molar-refractivity contribution is 7.99. The van der Waals surface area contributed by atoms with Crippen LogP contribution in [-0.4, -0.2) is 5.75 Å². The minimum Gasteiger partial charge on any atom is -0.122 e. The number of thioether (sulfide) groups is 1. The van der Waals surface area contributed by atoms with Crippen LogP contribution in [-0.2, 0) is 0 Å². The maximum absolute atomic E-state index is 2.29. The zero-order valence-corrected chi connectivity index (χ0v) is 9.10. The van der Waals surface area contributed by atoms with Gasteiger partial charge < -0.3 is 0 Å². The van der Waals surface area contributed by atoms with Gasteiger partial charge in [-0.2, -0.15) is 0 Å². The maximum atomic E-state index is 2.29. The van der Waals surface area contributed by atoms with Gasteiger partial charge in [-0.3, -0.25) is 0 Å². The van der Waals surface area contributed by atoms with Crippen LogP contribution < -0.4 is 0 Å². The van der Waals surface area contributed by atoms with Crippen LogP contribution in [0.2, 0.25) is 0 Å². The van der Waals surface area contributed by atoms with Crippen LogP contribution in [0.15, 0.2) is 46.9 Å². The lowest BCUT2D eigenvalue weighted by Crippen LogP contribution is -1.81. The first-order chi connectivity index (χ1) is 6.33. The maximum Gasteiger partial charge on any atom is 0.0187 e. The molecule has 0 heterocycles. The summed E-state index contributed by atoms with van der Waals surface area (Å²) >= 11 is 1.90. The predicted molar refractivity (Wildman–Crippen MR) is 61.2 cm³/mol. The quantitative estimate of drug-likeness (QED) is 0.510. The highest BCUT2D eigenvalue weighted by Gasteiger charge is 1.92. The molecule has 1 aromatic carbocycles. The van der Waals surface area contributed by atoms with E-state index < -0.39 is 0 Å². The Morgan fingerprint density at radius 3 is 2.62 bits per heavy atom. The van der Waals surface area contributed by atoms with Gasteiger partial charge in [0.2, 0.25) is 0 Å². The molecule has 0 spiro atoms. The van der Waals surface area contributed by atoms with Crippen molar-refractivity contribution in [3.8, 4) is 0 Å². The van der Waals surface area contributed by atoms with Gasteiger partial charge in [-0.05, 0) is 25.5 Å². The van der Waals surface area contributed by atoms with Gasteiger partial charge >= 0.3 is 0 Å². The van der Waals surface area contributed by atoms with Gasteiger partial charge in [0, 0.05) is 10.6 Å². The fourth-order valence-corrected chi connectivity index (χ4v) is 1.98. The lowest BCUT2D eigenvalue weighted by molar-refractivity contribution is 1.18. The van der Waals surface area contributed by atoms with Crippen LogP contribution in [0.4, 0.5) is 0 Å². The molecule has 70 valence electrons. The van der Waals surface area contributed by atoms with Gasteiger partial charge in [0.25, 0.3) is 0 Å². The second kappa shape index (κ2) is 5.87. The lowest BCUT2D eigenvalue weighted by atomic mass is 10.3. The van der Waals surface area contributed by atoms with Crippen molar-refractivity contribution in [1.82, 2.24) is 0 Å². The summed E-state index contributed by atoms with van der Waals surface area (Å²) in [7, 11) is 0. The second-order valence-corrected chi connectivity index (χ2v) is 4.11. The van der Waals surface area contributed by atoms with Gasteiger partial charge in [0.1, 0.15) is 0 Å². The first-order valence-electron chi connectivity index (χ1n) is 4.66. The van der Waals surface area contributed by atoms with Gasteiger partial charge in [0.15, 0.2) is 0 Å². The molecule has 0 aliphatic rings. The summed E-state index contributed by atoms with van der Waals surface area (Å²) in [5.74, 6) is 1.11. The molecule has 13 heavy (non-hydrogen) atoms. The smallest absolute Gasteiger partial charge is 0.0187 e. The van der Waals surface area contributed by atoms with Gasteiger partial charge in [-0.1, -0.05) is 36.8 Å². The van der Waals surface area contributed by atoms with Crippen molar-refractivity contribution in [3.05, 3.63) is 42.0 Å². The molecule has 0 radical (unpaired) electrons. The Labute approximate surface area is 85.1 Å². The molecule has 0 amide bonds. The Bertz CT molecular complexity index is 262. The molecule has 1 rings (SSSR count). The first-order valence-corrected chi connectivity index (χ1v) is 5.65. The molecule has 0 aromatic heterocycles. The van der Waals surface area contributed by atoms with E-state index in [2.05, 4.69) is 50.3 Å². The van der Waals surface area contributed by atoms with E-state index in [0.29, 0.717) is 0 Å². The van der Waals surface area contributed by atoms with Crippen molar-refractivity contribution in [1.29, 1.82) is 0 Å². The van der Waals surface area contributed by atoms with Crippen LogP contribution in [0, 0.1) is 0 Å². The molecule has 1 aromatic rings. The number of benzene rings is 1. The van der Waals surface area contributed by atoms with E-state index in [-0.39, 0.29) is 0 Å². The molecule has 0 atom stereocenters. The Morgan fingerprint density at radius 2 is 2.00 bits per heavy atom. The SMILES string of the molecule is CC/C=C(/C)CSc1ccccc1. The van der Waals surface area contributed by atoms with Crippen LogP contribution >= 0.6 is 11.8 Å². The van der Waals surface area contributed by atoms with Crippen molar-refractivity contribution in [3.63, 3.8) is 0 Å². The van der Waals surface area contributed by atoms with E-state index in [4.69, 9.17) is 0 Å². The summed E-state index contributed by atoms with van der Waals surface area (Å²) in [6.07, 6.45) is 3.43. The van der Waals surface area contributed by atoms with Crippen molar-refractivity contribution in [2.45, 2.75) is 25.2 Å². The molecule has 0 fully saturated rings. The summed E-state index contributed by atoms with van der Waals surface area (Å²) in [6.45, 7) is 4.37. The van der Waals surface area contributed by atoms with E-state index >= 15 is 0 Å². The molecular formula is C12H16S. The molecule has 0 nitrogen and oxygen atoms in total. The van der Waals surface area contributed by atoms with Crippen LogP contribution in [0.5, 0.6) is 0 Å². The molecule has 0 aliphatic carbocycles. The minimum absolute atomic E-state index is 1.11. The largest absolute Gasteiger partial charge is 0.122 e. The zero-order chi connectivity index (χ0) is 9.52. The Morgan fingerprint density at radius 1 is 1.31 bits per heavy atom. The third-order valence-electron chi connectivity index (χ3n) is 1.76. The summed E-state index contributed by atoms with van der Waals surface area (Å²) in [4.78, 5) is 1.35. The fourth-order valence-electron chi connectivity index (χ4n) is 1.12. The van der Waals surface area contributed by atoms with Gasteiger partial charge in [-0.25, -0.2) is 0 Å². The standard InChI is InChI=1S/C12H16S/c1-3-7-11(2)10-13-12-8-5-4-6-9-12/h4-9H,3,10H2,1-2H3/b11-7-. The normalized spacial score (nSPS) is 11.7. The van der Waals surface area contributed by atoms with E-state index in [9.17, 15) is 0 Å². The zero-order valence-electron chi connectivity index (χ0n) is 8.29. The highest BCUT2D eigenvalue weighted by Crippen LogP contribution is 2.19. The Balaban J connectivity index is 2.39. The molecule has 0 saturated carbocycles. The van der Waals surface area contributed by atoms with Crippen molar-refractivity contribution < 1.29 is 0 Å². The number of rotatable bonds is 4. The molecule has 0 saturated heterocycles. The summed E-state index contributed by atoms with van der Waals surface area (Å²) in [6, 6.07) is 10.5. The van der Waals surface area contributed by atoms with Gasteiger partial charge in [0.05, 0.1) is 0 Å². The van der Waals surface area contributed by atoms with E-state index in [1.807, 2.05) is 11.8 Å². The average molecular weight is 192 g/mol. The van der Waals surface area contributed by atoms with E-state index in [1.165, 1.54) is 10.5 Å². The predicted octanol–water partition coefficient (Wildman–Crippen LogP) is 4.14. The molecule has 0 bridgehead atoms. The van der Waals surface area contributed by atoms with Crippen LogP contribution in [0.1, 0.15) is 20.3 Å². The molecule has 1 heteroatoms. The molecule has 0 N–H and O–H groups in total. The first kappa shape index (κ1) is 10.4. The highest BCUT2D eigenvalue weighted by atomic mass is 32.2. The van der Waals surface area contributed by atoms with Gasteiger partial charge in [-0.15, -0.1) is 11.8 Å². The van der Waals surface area contributed by atoms with E-state index in [1.54, 1.807) is 0 Å². The molecular weight excluding hydrogens is 176 g/mol. The van der Waals surface area contributed by atoms with Crippen LogP contribution in [0.25, 0.3) is 0 Å². The number of hydrogen-bond acceptors (Lipinski definition) is 1. The summed E-state index contributed by atoms with van der Waals surface area (Å²) in [5.41, 5.74) is 1.47. The van der Waals surface area contributed by atoms with Crippen LogP contribution in [0.3, 0.4) is 0 Å². The fraction of sp³-hybridized carbons (Fsp3) is 0.333. The topological polar surface area (TPSA) is 0 Å². The molecule has 0 aliphatic heterocycles. The summed E-state index contributed by atoms with van der Waals surface area (Å²) < 4.78 is 0. The van der Waals surface area contributed by atoms with E-state index in [0.717, 1.165) is 12.2 Å². The third kappa shape index (κ3) is 4.18.